The van der Waals surface area contributed by atoms with E-state index in [1.54, 1.807) is 0 Å². The largest absolute Gasteiger partial charge is 0.391 e. The Morgan fingerprint density at radius 3 is 2.71 bits per heavy atom. The fourth-order valence-electron chi connectivity index (χ4n) is 2.28. The Bertz CT molecular complexity index is 300. The van der Waals surface area contributed by atoms with Gasteiger partial charge in [-0.2, -0.15) is 0 Å². The van der Waals surface area contributed by atoms with E-state index >= 15 is 0 Å². The minimum absolute atomic E-state index is 0.0567. The average Bonchev–Trinajstić information content (AvgIpc) is 2.61. The molecular weight excluding hydrogens is 178 g/mol. The molecule has 0 aliphatic heterocycles. The van der Waals surface area contributed by atoms with E-state index in [9.17, 15) is 5.11 Å². The normalized spacial score (nSPS) is 18.7. The third-order valence-corrected chi connectivity index (χ3v) is 3.15. The standard InChI is InChI=1S/C11H17NO2/c1-8-10(7-13)11(14-12-8)9-5-3-2-4-6-9/h9,13H,2-7H2,1H3. The predicted octanol–water partition coefficient (Wildman–Crippen LogP) is 2.52. The molecule has 1 aliphatic carbocycles. The molecular formula is C11H17NO2. The maximum Gasteiger partial charge on any atom is 0.145 e. The van der Waals surface area contributed by atoms with Crippen LogP contribution >= 0.6 is 0 Å². The Morgan fingerprint density at radius 1 is 1.36 bits per heavy atom. The molecule has 1 aromatic heterocycles. The van der Waals surface area contributed by atoms with Crippen LogP contribution in [0.2, 0.25) is 0 Å². The zero-order valence-corrected chi connectivity index (χ0v) is 8.62. The van der Waals surface area contributed by atoms with Crippen molar-refractivity contribution in [3.05, 3.63) is 17.0 Å². The fraction of sp³-hybridized carbons (Fsp3) is 0.727. The lowest BCUT2D eigenvalue weighted by Crippen LogP contribution is -2.06. The lowest BCUT2D eigenvalue weighted by Gasteiger charge is -2.19. The van der Waals surface area contributed by atoms with Crippen LogP contribution in [0.25, 0.3) is 0 Å². The van der Waals surface area contributed by atoms with Gasteiger partial charge in [0, 0.05) is 11.5 Å². The molecule has 0 unspecified atom stereocenters. The van der Waals surface area contributed by atoms with E-state index < -0.39 is 0 Å². The molecule has 0 saturated heterocycles. The van der Waals surface area contributed by atoms with E-state index in [1.165, 1.54) is 32.1 Å². The van der Waals surface area contributed by atoms with Gasteiger partial charge in [-0.1, -0.05) is 24.4 Å². The van der Waals surface area contributed by atoms with Gasteiger partial charge in [-0.15, -0.1) is 0 Å². The smallest absolute Gasteiger partial charge is 0.145 e. The Hall–Kier alpha value is -0.830. The number of hydrogen-bond acceptors (Lipinski definition) is 3. The molecule has 1 heterocycles. The highest BCUT2D eigenvalue weighted by Gasteiger charge is 2.23. The first-order valence-corrected chi connectivity index (χ1v) is 5.39. The topological polar surface area (TPSA) is 46.3 Å². The van der Waals surface area contributed by atoms with Crippen molar-refractivity contribution < 1.29 is 9.63 Å². The zero-order valence-electron chi connectivity index (χ0n) is 8.62. The molecule has 0 radical (unpaired) electrons. The first-order valence-electron chi connectivity index (χ1n) is 5.39. The average molecular weight is 195 g/mol. The number of nitrogens with zero attached hydrogens (tertiary/aromatic N) is 1. The Kier molecular flexibility index (Phi) is 2.87. The van der Waals surface area contributed by atoms with Crippen molar-refractivity contribution >= 4 is 0 Å². The number of aryl methyl sites for hydroxylation is 1. The summed E-state index contributed by atoms with van der Waals surface area (Å²) in [5, 5.41) is 13.1. The second kappa shape index (κ2) is 4.13. The molecule has 1 aromatic rings. The van der Waals surface area contributed by atoms with Gasteiger partial charge in [0.2, 0.25) is 0 Å². The predicted molar refractivity (Wildman–Crippen MR) is 53.0 cm³/mol. The van der Waals surface area contributed by atoms with Crippen LogP contribution in [-0.2, 0) is 6.61 Å². The highest BCUT2D eigenvalue weighted by molar-refractivity contribution is 5.24. The Balaban J connectivity index is 2.21. The number of hydrogen-bond donors (Lipinski definition) is 1. The molecule has 0 bridgehead atoms. The van der Waals surface area contributed by atoms with Gasteiger partial charge in [0.1, 0.15) is 5.76 Å². The molecule has 0 atom stereocenters. The van der Waals surface area contributed by atoms with Gasteiger partial charge in [-0.05, 0) is 19.8 Å². The first kappa shape index (κ1) is 9.71. The molecule has 1 aliphatic rings. The fourth-order valence-corrected chi connectivity index (χ4v) is 2.28. The molecule has 3 heteroatoms. The third-order valence-electron chi connectivity index (χ3n) is 3.15. The molecule has 14 heavy (non-hydrogen) atoms. The second-order valence-electron chi connectivity index (χ2n) is 4.10. The number of aliphatic hydroxyl groups excluding tert-OH is 1. The summed E-state index contributed by atoms with van der Waals surface area (Å²) in [7, 11) is 0. The summed E-state index contributed by atoms with van der Waals surface area (Å²) in [4.78, 5) is 0. The second-order valence-corrected chi connectivity index (χ2v) is 4.10. The van der Waals surface area contributed by atoms with Crippen LogP contribution in [0.1, 0.15) is 55.0 Å². The van der Waals surface area contributed by atoms with Gasteiger partial charge in [-0.25, -0.2) is 0 Å². The minimum Gasteiger partial charge on any atom is -0.391 e. The van der Waals surface area contributed by atoms with Crippen molar-refractivity contribution in [2.24, 2.45) is 0 Å². The summed E-state index contributed by atoms with van der Waals surface area (Å²) in [6, 6.07) is 0. The van der Waals surface area contributed by atoms with Crippen molar-refractivity contribution in [2.75, 3.05) is 0 Å². The molecule has 0 amide bonds. The molecule has 0 aromatic carbocycles. The van der Waals surface area contributed by atoms with Crippen LogP contribution in [0.3, 0.4) is 0 Å². The van der Waals surface area contributed by atoms with E-state index in [0.717, 1.165) is 17.0 Å². The van der Waals surface area contributed by atoms with E-state index in [0.29, 0.717) is 5.92 Å². The van der Waals surface area contributed by atoms with Crippen LogP contribution in [0.5, 0.6) is 0 Å². The maximum absolute atomic E-state index is 9.22. The summed E-state index contributed by atoms with van der Waals surface area (Å²) in [6.45, 7) is 1.95. The molecule has 1 saturated carbocycles. The van der Waals surface area contributed by atoms with Gasteiger partial charge in [0.25, 0.3) is 0 Å². The molecule has 1 N–H and O–H groups in total. The molecule has 3 nitrogen and oxygen atoms in total. The van der Waals surface area contributed by atoms with Crippen molar-refractivity contribution in [3.8, 4) is 0 Å². The van der Waals surface area contributed by atoms with E-state index in [4.69, 9.17) is 4.52 Å². The number of aliphatic hydroxyl groups is 1. The summed E-state index contributed by atoms with van der Waals surface area (Å²) in [5.41, 5.74) is 1.75. The summed E-state index contributed by atoms with van der Waals surface area (Å²) in [6.07, 6.45) is 6.24. The van der Waals surface area contributed by atoms with Crippen LogP contribution in [0, 0.1) is 6.92 Å². The highest BCUT2D eigenvalue weighted by atomic mass is 16.5. The van der Waals surface area contributed by atoms with Gasteiger partial charge in [0.15, 0.2) is 0 Å². The van der Waals surface area contributed by atoms with E-state index in [-0.39, 0.29) is 6.61 Å². The minimum atomic E-state index is 0.0567. The number of rotatable bonds is 2. The zero-order chi connectivity index (χ0) is 9.97. The molecule has 0 spiro atoms. The lowest BCUT2D eigenvalue weighted by atomic mass is 9.86. The van der Waals surface area contributed by atoms with Crippen molar-refractivity contribution in [1.82, 2.24) is 5.16 Å². The molecule has 2 rings (SSSR count). The van der Waals surface area contributed by atoms with Crippen molar-refractivity contribution in [3.63, 3.8) is 0 Å². The lowest BCUT2D eigenvalue weighted by molar-refractivity contribution is 0.268. The SMILES string of the molecule is Cc1noc(C2CCCCC2)c1CO. The van der Waals surface area contributed by atoms with E-state index in [2.05, 4.69) is 5.16 Å². The summed E-state index contributed by atoms with van der Waals surface area (Å²) in [5.74, 6) is 1.43. The van der Waals surface area contributed by atoms with E-state index in [1.807, 2.05) is 6.92 Å². The van der Waals surface area contributed by atoms with Crippen molar-refractivity contribution in [1.29, 1.82) is 0 Å². The van der Waals surface area contributed by atoms with Crippen molar-refractivity contribution in [2.45, 2.75) is 51.6 Å². The summed E-state index contributed by atoms with van der Waals surface area (Å²) < 4.78 is 5.32. The molecule has 78 valence electrons. The van der Waals surface area contributed by atoms with Crippen LogP contribution in [-0.4, -0.2) is 10.3 Å². The Labute approximate surface area is 84.1 Å². The van der Waals surface area contributed by atoms with Gasteiger partial charge >= 0.3 is 0 Å². The van der Waals surface area contributed by atoms with Gasteiger partial charge < -0.3 is 9.63 Å². The van der Waals surface area contributed by atoms with Gasteiger partial charge in [-0.3, -0.25) is 0 Å². The molecule has 1 fully saturated rings. The maximum atomic E-state index is 9.22. The Morgan fingerprint density at radius 2 is 2.07 bits per heavy atom. The first-order chi connectivity index (χ1) is 6.83. The van der Waals surface area contributed by atoms with Crippen LogP contribution in [0.4, 0.5) is 0 Å². The number of aromatic nitrogens is 1. The highest BCUT2D eigenvalue weighted by Crippen LogP contribution is 2.35. The monoisotopic (exact) mass is 195 g/mol. The third kappa shape index (κ3) is 1.69. The summed E-state index contributed by atoms with van der Waals surface area (Å²) >= 11 is 0. The van der Waals surface area contributed by atoms with Crippen LogP contribution < -0.4 is 0 Å². The van der Waals surface area contributed by atoms with Gasteiger partial charge in [0.05, 0.1) is 12.3 Å². The van der Waals surface area contributed by atoms with Crippen LogP contribution in [0.15, 0.2) is 4.52 Å². The quantitative estimate of drug-likeness (QED) is 0.788.